The molecule has 2 saturated carbocycles. The molecule has 0 amide bonds. The van der Waals surface area contributed by atoms with Crippen LogP contribution in [0.3, 0.4) is 0 Å². The van der Waals surface area contributed by atoms with E-state index in [0.29, 0.717) is 12.0 Å². The van der Waals surface area contributed by atoms with Crippen LogP contribution in [0.5, 0.6) is 0 Å². The monoisotopic (exact) mass is 233 g/mol. The molecular formula is C13H19N3O. The Balaban J connectivity index is 2.12. The molecule has 1 aromatic rings. The van der Waals surface area contributed by atoms with E-state index in [4.69, 9.17) is 0 Å². The minimum Gasteiger partial charge on any atom is -0.411 e. The smallest absolute Gasteiger partial charge is 0.0948 e. The molecule has 3 rings (SSSR count). The summed E-state index contributed by atoms with van der Waals surface area (Å²) in [6.45, 7) is 6.83. The molecule has 2 bridgehead atoms. The number of rotatable bonds is 1. The quantitative estimate of drug-likeness (QED) is 0.599. The number of oxime groups is 1. The van der Waals surface area contributed by atoms with Crippen molar-refractivity contribution in [3.63, 3.8) is 0 Å². The fourth-order valence-corrected chi connectivity index (χ4v) is 4.02. The zero-order valence-electron chi connectivity index (χ0n) is 10.6. The van der Waals surface area contributed by atoms with Gasteiger partial charge < -0.3 is 9.77 Å². The van der Waals surface area contributed by atoms with Crippen LogP contribution in [0.15, 0.2) is 23.9 Å². The first-order valence-corrected chi connectivity index (χ1v) is 6.20. The number of fused-ring (bicyclic) bond motifs is 2. The van der Waals surface area contributed by atoms with Crippen LogP contribution >= 0.6 is 0 Å². The van der Waals surface area contributed by atoms with E-state index < -0.39 is 0 Å². The number of aromatic nitrogens is 2. The maximum absolute atomic E-state index is 9.26. The average molecular weight is 233 g/mol. The third-order valence-corrected chi connectivity index (χ3v) is 5.58. The van der Waals surface area contributed by atoms with Crippen molar-refractivity contribution in [1.82, 2.24) is 9.55 Å². The van der Waals surface area contributed by atoms with Crippen LogP contribution in [0.4, 0.5) is 0 Å². The summed E-state index contributed by atoms with van der Waals surface area (Å²) in [6.07, 6.45) is 7.80. The zero-order valence-corrected chi connectivity index (χ0v) is 10.6. The molecule has 1 N–H and O–H groups in total. The molecule has 0 radical (unpaired) electrons. The van der Waals surface area contributed by atoms with Crippen LogP contribution in [0.1, 0.15) is 39.7 Å². The molecule has 92 valence electrons. The molecule has 0 saturated heterocycles. The third-order valence-electron chi connectivity index (χ3n) is 5.58. The van der Waals surface area contributed by atoms with E-state index in [1.54, 1.807) is 0 Å². The highest BCUT2D eigenvalue weighted by Gasteiger charge is 2.65. The van der Waals surface area contributed by atoms with Crippen LogP contribution < -0.4 is 0 Å². The first-order valence-electron chi connectivity index (χ1n) is 6.20. The van der Waals surface area contributed by atoms with E-state index >= 15 is 0 Å². The Morgan fingerprint density at radius 3 is 2.76 bits per heavy atom. The predicted octanol–water partition coefficient (Wildman–Crippen LogP) is 2.71. The standard InChI is InChI=1S/C13H19N3O/c1-12(2)9-6-10(15-17)13(12,3)11(7-9)16-5-4-14-8-16/h4-5,8-9,11,17H,6-7H2,1-3H3. The Kier molecular flexibility index (Phi) is 1.98. The van der Waals surface area contributed by atoms with Crippen LogP contribution in [0, 0.1) is 16.7 Å². The molecule has 0 aliphatic heterocycles. The Bertz CT molecular complexity index is 463. The van der Waals surface area contributed by atoms with Crippen LogP contribution in [-0.2, 0) is 0 Å². The summed E-state index contributed by atoms with van der Waals surface area (Å²) in [6, 6.07) is 0.365. The van der Waals surface area contributed by atoms with Gasteiger partial charge >= 0.3 is 0 Å². The molecule has 4 heteroatoms. The van der Waals surface area contributed by atoms with Crippen LogP contribution in [0.2, 0.25) is 0 Å². The minimum atomic E-state index is -0.0624. The van der Waals surface area contributed by atoms with Crippen molar-refractivity contribution in [2.24, 2.45) is 21.9 Å². The molecule has 1 heterocycles. The van der Waals surface area contributed by atoms with Gasteiger partial charge in [-0.3, -0.25) is 0 Å². The van der Waals surface area contributed by atoms with Crippen molar-refractivity contribution in [2.75, 3.05) is 0 Å². The zero-order chi connectivity index (χ0) is 12.3. The first kappa shape index (κ1) is 10.8. The molecular weight excluding hydrogens is 214 g/mol. The molecule has 3 unspecified atom stereocenters. The fraction of sp³-hybridized carbons (Fsp3) is 0.692. The Morgan fingerprint density at radius 2 is 2.24 bits per heavy atom. The van der Waals surface area contributed by atoms with Crippen molar-refractivity contribution in [1.29, 1.82) is 0 Å². The van der Waals surface area contributed by atoms with Gasteiger partial charge in [-0.05, 0) is 24.2 Å². The van der Waals surface area contributed by atoms with Crippen LogP contribution in [-0.4, -0.2) is 20.5 Å². The fourth-order valence-electron chi connectivity index (χ4n) is 4.02. The molecule has 0 aromatic carbocycles. The van der Waals surface area contributed by atoms with Gasteiger partial charge in [0, 0.05) is 23.9 Å². The van der Waals surface area contributed by atoms with E-state index in [2.05, 4.69) is 35.5 Å². The Morgan fingerprint density at radius 1 is 1.47 bits per heavy atom. The Labute approximate surface area is 101 Å². The lowest BCUT2D eigenvalue weighted by molar-refractivity contribution is 0.161. The lowest BCUT2D eigenvalue weighted by Crippen LogP contribution is -2.39. The van der Waals surface area contributed by atoms with E-state index in [1.807, 2.05) is 18.7 Å². The summed E-state index contributed by atoms with van der Waals surface area (Å²) in [4.78, 5) is 4.14. The minimum absolute atomic E-state index is 0.0624. The second-order valence-corrected chi connectivity index (χ2v) is 6.13. The molecule has 2 aliphatic rings. The third kappa shape index (κ3) is 1.08. The lowest BCUT2D eigenvalue weighted by atomic mass is 9.68. The molecule has 1 aromatic heterocycles. The largest absolute Gasteiger partial charge is 0.411 e. The normalized spacial score (nSPS) is 41.2. The molecule has 17 heavy (non-hydrogen) atoms. The first-order chi connectivity index (χ1) is 8.01. The van der Waals surface area contributed by atoms with Gasteiger partial charge in [0.1, 0.15) is 0 Å². The summed E-state index contributed by atoms with van der Waals surface area (Å²) in [7, 11) is 0. The maximum atomic E-state index is 9.26. The van der Waals surface area contributed by atoms with E-state index in [1.165, 1.54) is 0 Å². The molecule has 2 fully saturated rings. The second kappa shape index (κ2) is 3.12. The summed E-state index contributed by atoms with van der Waals surface area (Å²) in [5, 5.41) is 12.8. The van der Waals surface area contributed by atoms with Crippen molar-refractivity contribution in [3.8, 4) is 0 Å². The van der Waals surface area contributed by atoms with Crippen LogP contribution in [0.25, 0.3) is 0 Å². The van der Waals surface area contributed by atoms with Gasteiger partial charge in [-0.25, -0.2) is 4.98 Å². The maximum Gasteiger partial charge on any atom is 0.0948 e. The number of hydrogen-bond donors (Lipinski definition) is 1. The highest BCUT2D eigenvalue weighted by atomic mass is 16.4. The SMILES string of the molecule is CC1(C)C2CC(=NO)C1(C)C(n1ccnc1)C2. The number of hydrogen-bond acceptors (Lipinski definition) is 3. The number of nitrogens with zero attached hydrogens (tertiary/aromatic N) is 3. The summed E-state index contributed by atoms with van der Waals surface area (Å²) in [5.41, 5.74) is 1.08. The Hall–Kier alpha value is -1.32. The van der Waals surface area contributed by atoms with Gasteiger partial charge in [-0.2, -0.15) is 0 Å². The predicted molar refractivity (Wildman–Crippen MR) is 65.1 cm³/mol. The van der Waals surface area contributed by atoms with Crippen molar-refractivity contribution in [2.45, 2.75) is 39.7 Å². The van der Waals surface area contributed by atoms with Gasteiger partial charge in [-0.1, -0.05) is 25.9 Å². The molecule has 4 nitrogen and oxygen atoms in total. The van der Waals surface area contributed by atoms with Gasteiger partial charge in [0.2, 0.25) is 0 Å². The highest BCUT2D eigenvalue weighted by molar-refractivity contribution is 5.94. The molecule has 2 aliphatic carbocycles. The average Bonchev–Trinajstić information content (AvgIpc) is 2.91. The van der Waals surface area contributed by atoms with Gasteiger partial charge in [0.05, 0.1) is 12.0 Å². The van der Waals surface area contributed by atoms with E-state index in [9.17, 15) is 5.21 Å². The van der Waals surface area contributed by atoms with Gasteiger partial charge in [-0.15, -0.1) is 0 Å². The molecule has 3 atom stereocenters. The second-order valence-electron chi connectivity index (χ2n) is 6.13. The van der Waals surface area contributed by atoms with Crippen molar-refractivity contribution < 1.29 is 5.21 Å². The van der Waals surface area contributed by atoms with Gasteiger partial charge in [0.15, 0.2) is 0 Å². The van der Waals surface area contributed by atoms with Crippen molar-refractivity contribution in [3.05, 3.63) is 18.7 Å². The lowest BCUT2D eigenvalue weighted by Gasteiger charge is -2.39. The van der Waals surface area contributed by atoms with Crippen molar-refractivity contribution >= 4 is 5.71 Å². The van der Waals surface area contributed by atoms with Gasteiger partial charge in [0.25, 0.3) is 0 Å². The summed E-state index contributed by atoms with van der Waals surface area (Å²) in [5.74, 6) is 0.603. The topological polar surface area (TPSA) is 50.4 Å². The summed E-state index contributed by atoms with van der Waals surface area (Å²) < 4.78 is 2.17. The molecule has 0 spiro atoms. The number of imidazole rings is 1. The van der Waals surface area contributed by atoms with E-state index in [-0.39, 0.29) is 10.8 Å². The summed E-state index contributed by atoms with van der Waals surface area (Å²) >= 11 is 0. The highest BCUT2D eigenvalue weighted by Crippen LogP contribution is 2.68. The van der Waals surface area contributed by atoms with E-state index in [0.717, 1.165) is 18.6 Å².